The monoisotopic (exact) mass is 265 g/mol. The Balaban J connectivity index is 2.80. The lowest BCUT2D eigenvalue weighted by Gasteiger charge is -2.18. The van der Waals surface area contributed by atoms with Gasteiger partial charge in [-0.3, -0.25) is 4.79 Å². The van der Waals surface area contributed by atoms with Crippen LogP contribution in [0.4, 0.5) is 5.82 Å². The van der Waals surface area contributed by atoms with Crippen LogP contribution >= 0.6 is 0 Å². The van der Waals surface area contributed by atoms with Crippen LogP contribution in [0, 0.1) is 5.92 Å². The molecule has 1 atom stereocenters. The van der Waals surface area contributed by atoms with Crippen LogP contribution in [0.5, 0.6) is 0 Å². The number of carboxylic acid groups (broad SMARTS) is 1. The number of carboxylic acids is 1. The Bertz CT molecular complexity index is 455. The van der Waals surface area contributed by atoms with Crippen LogP contribution in [-0.4, -0.2) is 42.1 Å². The summed E-state index contributed by atoms with van der Waals surface area (Å²) in [5, 5.41) is 11.5. The molecule has 0 spiro atoms. The molecule has 19 heavy (non-hydrogen) atoms. The molecule has 0 saturated heterocycles. The minimum absolute atomic E-state index is 0.185. The zero-order valence-corrected chi connectivity index (χ0v) is 11.5. The van der Waals surface area contributed by atoms with Crippen molar-refractivity contribution in [2.24, 2.45) is 5.92 Å². The van der Waals surface area contributed by atoms with Crippen molar-refractivity contribution in [1.82, 2.24) is 10.3 Å². The number of rotatable bonds is 5. The summed E-state index contributed by atoms with van der Waals surface area (Å²) in [5.41, 5.74) is 0.345. The van der Waals surface area contributed by atoms with E-state index in [9.17, 15) is 9.59 Å². The molecule has 6 heteroatoms. The molecule has 0 aromatic carbocycles. The van der Waals surface area contributed by atoms with Gasteiger partial charge in [-0.1, -0.05) is 13.8 Å². The van der Waals surface area contributed by atoms with Gasteiger partial charge in [0.15, 0.2) is 0 Å². The van der Waals surface area contributed by atoms with Crippen molar-refractivity contribution in [3.8, 4) is 0 Å². The number of nitrogens with one attached hydrogen (secondary N) is 1. The smallest absolute Gasteiger partial charge is 0.326 e. The Kier molecular flexibility index (Phi) is 4.86. The van der Waals surface area contributed by atoms with Gasteiger partial charge in [0.1, 0.15) is 11.9 Å². The number of aliphatic carboxylic acids is 1. The van der Waals surface area contributed by atoms with E-state index in [1.807, 2.05) is 19.0 Å². The van der Waals surface area contributed by atoms with E-state index in [1.54, 1.807) is 26.0 Å². The number of hydrogen-bond acceptors (Lipinski definition) is 4. The van der Waals surface area contributed by atoms with Gasteiger partial charge in [-0.05, 0) is 18.1 Å². The quantitative estimate of drug-likeness (QED) is 0.829. The van der Waals surface area contributed by atoms with Crippen LogP contribution in [0.1, 0.15) is 24.2 Å². The fourth-order valence-electron chi connectivity index (χ4n) is 1.52. The van der Waals surface area contributed by atoms with Crippen LogP contribution < -0.4 is 10.2 Å². The summed E-state index contributed by atoms with van der Waals surface area (Å²) in [4.78, 5) is 28.9. The Hall–Kier alpha value is -2.11. The lowest BCUT2D eigenvalue weighted by atomic mass is 10.0. The number of amides is 1. The van der Waals surface area contributed by atoms with E-state index >= 15 is 0 Å². The fraction of sp³-hybridized carbons (Fsp3) is 0.462. The van der Waals surface area contributed by atoms with Crippen molar-refractivity contribution in [3.63, 3.8) is 0 Å². The molecule has 0 aliphatic rings. The molecular formula is C13H19N3O3. The van der Waals surface area contributed by atoms with Gasteiger partial charge in [-0.25, -0.2) is 9.78 Å². The lowest BCUT2D eigenvalue weighted by Crippen LogP contribution is -2.44. The third kappa shape index (κ3) is 3.94. The summed E-state index contributed by atoms with van der Waals surface area (Å²) >= 11 is 0. The molecule has 0 unspecified atom stereocenters. The Labute approximate surface area is 112 Å². The third-order valence-corrected chi connectivity index (χ3v) is 2.69. The molecule has 2 N–H and O–H groups in total. The van der Waals surface area contributed by atoms with Crippen LogP contribution in [0.25, 0.3) is 0 Å². The largest absolute Gasteiger partial charge is 0.480 e. The maximum Gasteiger partial charge on any atom is 0.326 e. The van der Waals surface area contributed by atoms with Gasteiger partial charge in [-0.15, -0.1) is 0 Å². The van der Waals surface area contributed by atoms with E-state index in [4.69, 9.17) is 5.11 Å². The minimum atomic E-state index is -1.04. The highest BCUT2D eigenvalue weighted by Gasteiger charge is 2.23. The van der Waals surface area contributed by atoms with Gasteiger partial charge in [0.25, 0.3) is 5.91 Å². The van der Waals surface area contributed by atoms with Crippen LogP contribution in [0.15, 0.2) is 18.3 Å². The second-order valence-electron chi connectivity index (χ2n) is 4.83. The number of hydrogen-bond donors (Lipinski definition) is 2. The fourth-order valence-corrected chi connectivity index (χ4v) is 1.52. The van der Waals surface area contributed by atoms with E-state index in [1.165, 1.54) is 6.20 Å². The molecule has 0 aliphatic carbocycles. The molecule has 1 amide bonds. The standard InChI is InChI=1S/C13H19N3O3/c1-8(2)11(13(18)19)15-12(17)9-5-6-10(14-7-9)16(3)4/h5-8,11H,1-4H3,(H,15,17)(H,18,19)/t11-/m0/s1. The van der Waals surface area contributed by atoms with Crippen molar-refractivity contribution in [3.05, 3.63) is 23.9 Å². The first kappa shape index (κ1) is 14.9. The molecule has 1 rings (SSSR count). The zero-order valence-electron chi connectivity index (χ0n) is 11.5. The molecule has 104 valence electrons. The summed E-state index contributed by atoms with van der Waals surface area (Å²) in [6.07, 6.45) is 1.43. The Morgan fingerprint density at radius 3 is 2.32 bits per heavy atom. The molecule has 0 radical (unpaired) electrons. The van der Waals surface area contributed by atoms with Gasteiger partial charge in [0.05, 0.1) is 5.56 Å². The van der Waals surface area contributed by atoms with E-state index in [-0.39, 0.29) is 5.92 Å². The first-order valence-corrected chi connectivity index (χ1v) is 6.00. The number of aromatic nitrogens is 1. The normalized spacial score (nSPS) is 12.1. The Morgan fingerprint density at radius 2 is 1.95 bits per heavy atom. The summed E-state index contributed by atoms with van der Waals surface area (Å²) in [7, 11) is 3.70. The van der Waals surface area contributed by atoms with E-state index in [0.717, 1.165) is 5.82 Å². The summed E-state index contributed by atoms with van der Waals surface area (Å²) in [6, 6.07) is 2.43. The number of pyridine rings is 1. The molecule has 0 aliphatic heterocycles. The summed E-state index contributed by atoms with van der Waals surface area (Å²) in [6.45, 7) is 3.49. The molecule has 0 fully saturated rings. The number of carbonyl (C=O) groups is 2. The highest BCUT2D eigenvalue weighted by Crippen LogP contribution is 2.09. The number of nitrogens with zero attached hydrogens (tertiary/aromatic N) is 2. The maximum atomic E-state index is 11.9. The van der Waals surface area contributed by atoms with Gasteiger partial charge in [-0.2, -0.15) is 0 Å². The molecule has 1 heterocycles. The molecule has 1 aromatic rings. The van der Waals surface area contributed by atoms with E-state index in [0.29, 0.717) is 5.56 Å². The Morgan fingerprint density at radius 1 is 1.32 bits per heavy atom. The second kappa shape index (κ2) is 6.17. The predicted octanol–water partition coefficient (Wildman–Crippen LogP) is 0.987. The predicted molar refractivity (Wildman–Crippen MR) is 72.3 cm³/mol. The molecular weight excluding hydrogens is 246 g/mol. The summed E-state index contributed by atoms with van der Waals surface area (Å²) in [5.74, 6) is -0.925. The average molecular weight is 265 g/mol. The molecule has 6 nitrogen and oxygen atoms in total. The van der Waals surface area contributed by atoms with Crippen molar-refractivity contribution < 1.29 is 14.7 Å². The van der Waals surface area contributed by atoms with Gasteiger partial charge in [0, 0.05) is 20.3 Å². The van der Waals surface area contributed by atoms with Crippen molar-refractivity contribution in [2.45, 2.75) is 19.9 Å². The third-order valence-electron chi connectivity index (χ3n) is 2.69. The average Bonchev–Trinajstić information content (AvgIpc) is 2.34. The number of carbonyl (C=O) groups excluding carboxylic acids is 1. The topological polar surface area (TPSA) is 82.5 Å². The first-order chi connectivity index (χ1) is 8.82. The van der Waals surface area contributed by atoms with E-state index in [2.05, 4.69) is 10.3 Å². The van der Waals surface area contributed by atoms with Crippen LogP contribution in [-0.2, 0) is 4.79 Å². The maximum absolute atomic E-state index is 11.9. The minimum Gasteiger partial charge on any atom is -0.480 e. The molecule has 0 saturated carbocycles. The first-order valence-electron chi connectivity index (χ1n) is 6.00. The molecule has 0 bridgehead atoms. The SMILES string of the molecule is CC(C)[C@H](NC(=O)c1ccc(N(C)C)nc1)C(=O)O. The molecule has 1 aromatic heterocycles. The second-order valence-corrected chi connectivity index (χ2v) is 4.83. The van der Waals surface area contributed by atoms with Gasteiger partial charge < -0.3 is 15.3 Å². The zero-order chi connectivity index (χ0) is 14.6. The highest BCUT2D eigenvalue weighted by molar-refractivity contribution is 5.96. The summed E-state index contributed by atoms with van der Waals surface area (Å²) < 4.78 is 0. The van der Waals surface area contributed by atoms with Crippen LogP contribution in [0.3, 0.4) is 0 Å². The van der Waals surface area contributed by atoms with Crippen molar-refractivity contribution in [2.75, 3.05) is 19.0 Å². The van der Waals surface area contributed by atoms with Gasteiger partial charge >= 0.3 is 5.97 Å². The van der Waals surface area contributed by atoms with Crippen LogP contribution in [0.2, 0.25) is 0 Å². The van der Waals surface area contributed by atoms with E-state index < -0.39 is 17.9 Å². The highest BCUT2D eigenvalue weighted by atomic mass is 16.4. The number of anilines is 1. The lowest BCUT2D eigenvalue weighted by molar-refractivity contribution is -0.140. The van der Waals surface area contributed by atoms with Gasteiger partial charge in [0.2, 0.25) is 0 Å². The van der Waals surface area contributed by atoms with Crippen molar-refractivity contribution >= 4 is 17.7 Å². The van der Waals surface area contributed by atoms with Crippen molar-refractivity contribution in [1.29, 1.82) is 0 Å².